The van der Waals surface area contributed by atoms with E-state index in [0.29, 0.717) is 11.8 Å². The first kappa shape index (κ1) is 9.83. The molecule has 4 heteroatoms. The summed E-state index contributed by atoms with van der Waals surface area (Å²) in [6, 6.07) is 1.85. The molecule has 4 nitrogen and oxygen atoms in total. The van der Waals surface area contributed by atoms with Gasteiger partial charge in [-0.2, -0.15) is 0 Å². The summed E-state index contributed by atoms with van der Waals surface area (Å²) in [4.78, 5) is 0. The largest absolute Gasteiger partial charge is 0.472 e. The van der Waals surface area contributed by atoms with Crippen LogP contribution in [0.1, 0.15) is 19.4 Å². The molecule has 0 radical (unpaired) electrons. The minimum atomic E-state index is 0.403. The Bertz CT molecular complexity index is 429. The van der Waals surface area contributed by atoms with Crippen LogP contribution >= 0.6 is 0 Å². The Morgan fingerprint density at radius 2 is 2.27 bits per heavy atom. The van der Waals surface area contributed by atoms with Gasteiger partial charge >= 0.3 is 0 Å². The number of rotatable bonds is 3. The van der Waals surface area contributed by atoms with E-state index in [4.69, 9.17) is 14.7 Å². The van der Waals surface area contributed by atoms with E-state index in [-0.39, 0.29) is 0 Å². The average molecular weight is 206 g/mol. The zero-order chi connectivity index (χ0) is 10.8. The van der Waals surface area contributed by atoms with E-state index < -0.39 is 0 Å². The highest BCUT2D eigenvalue weighted by atomic mass is 16.5. The number of hydrogen-bond donors (Lipinski definition) is 1. The van der Waals surface area contributed by atoms with Gasteiger partial charge in [0, 0.05) is 11.1 Å². The summed E-state index contributed by atoms with van der Waals surface area (Å²) in [5.41, 5.74) is 8.40. The highest BCUT2D eigenvalue weighted by Gasteiger charge is 2.16. The molecule has 15 heavy (non-hydrogen) atoms. The molecule has 2 N–H and O–H groups in total. The second kappa shape index (κ2) is 3.81. The normalized spacial score (nSPS) is 11.1. The molecular formula is C11H14N2O2. The fourth-order valence-corrected chi connectivity index (χ4v) is 1.55. The van der Waals surface area contributed by atoms with E-state index in [1.165, 1.54) is 0 Å². The summed E-state index contributed by atoms with van der Waals surface area (Å²) in [5, 5.41) is 3.95. The van der Waals surface area contributed by atoms with Crippen LogP contribution < -0.4 is 5.73 Å². The standard InChI is InChI=1S/C11H14N2O2/c1-7(2)5-9-10(13-15-11(9)12)8-3-4-14-6-8/h3-4,6-7H,5,12H2,1-2H3. The topological polar surface area (TPSA) is 65.2 Å². The van der Waals surface area contributed by atoms with Gasteiger partial charge in [-0.1, -0.05) is 19.0 Å². The molecular weight excluding hydrogens is 192 g/mol. The van der Waals surface area contributed by atoms with Crippen molar-refractivity contribution < 1.29 is 8.94 Å². The zero-order valence-electron chi connectivity index (χ0n) is 8.86. The van der Waals surface area contributed by atoms with Crippen LogP contribution in [-0.4, -0.2) is 5.16 Å². The summed E-state index contributed by atoms with van der Waals surface area (Å²) in [5.74, 6) is 0.914. The first-order valence-corrected chi connectivity index (χ1v) is 4.95. The van der Waals surface area contributed by atoms with Crippen molar-refractivity contribution in [1.82, 2.24) is 5.16 Å². The van der Waals surface area contributed by atoms with Crippen LogP contribution in [0.2, 0.25) is 0 Å². The van der Waals surface area contributed by atoms with E-state index in [2.05, 4.69) is 19.0 Å². The molecule has 0 aliphatic heterocycles. The lowest BCUT2D eigenvalue weighted by atomic mass is 10.0. The molecule has 2 aromatic rings. The van der Waals surface area contributed by atoms with Gasteiger partial charge in [0.25, 0.3) is 0 Å². The maximum atomic E-state index is 5.74. The van der Waals surface area contributed by atoms with Crippen LogP contribution in [0, 0.1) is 5.92 Å². The molecule has 0 aromatic carbocycles. The molecule has 0 aliphatic rings. The Hall–Kier alpha value is -1.71. The van der Waals surface area contributed by atoms with E-state index in [0.717, 1.165) is 23.2 Å². The van der Waals surface area contributed by atoms with Crippen LogP contribution in [0.15, 0.2) is 27.5 Å². The first-order valence-electron chi connectivity index (χ1n) is 4.95. The number of anilines is 1. The number of nitrogens with zero attached hydrogens (tertiary/aromatic N) is 1. The van der Waals surface area contributed by atoms with Gasteiger partial charge in [-0.15, -0.1) is 0 Å². The lowest BCUT2D eigenvalue weighted by molar-refractivity contribution is 0.438. The van der Waals surface area contributed by atoms with Gasteiger partial charge in [0.15, 0.2) is 0 Å². The Kier molecular flexibility index (Phi) is 2.49. The van der Waals surface area contributed by atoms with Gasteiger partial charge in [0.2, 0.25) is 5.88 Å². The van der Waals surface area contributed by atoms with E-state index in [9.17, 15) is 0 Å². The lowest BCUT2D eigenvalue weighted by Gasteiger charge is -2.03. The Morgan fingerprint density at radius 3 is 2.87 bits per heavy atom. The van der Waals surface area contributed by atoms with Crippen molar-refractivity contribution in [2.45, 2.75) is 20.3 Å². The Morgan fingerprint density at radius 1 is 1.47 bits per heavy atom. The monoisotopic (exact) mass is 206 g/mol. The maximum Gasteiger partial charge on any atom is 0.225 e. The molecule has 0 unspecified atom stereocenters. The van der Waals surface area contributed by atoms with Crippen molar-refractivity contribution in [2.24, 2.45) is 5.92 Å². The van der Waals surface area contributed by atoms with Crippen LogP contribution in [0.4, 0.5) is 5.88 Å². The highest BCUT2D eigenvalue weighted by molar-refractivity contribution is 5.65. The molecule has 0 amide bonds. The van der Waals surface area contributed by atoms with Gasteiger partial charge < -0.3 is 14.7 Å². The predicted molar refractivity (Wildman–Crippen MR) is 57.2 cm³/mol. The molecule has 0 fully saturated rings. The van der Waals surface area contributed by atoms with Crippen LogP contribution in [0.25, 0.3) is 11.3 Å². The molecule has 0 aliphatic carbocycles. The third-order valence-corrected chi connectivity index (χ3v) is 2.23. The predicted octanol–water partition coefficient (Wildman–Crippen LogP) is 2.72. The number of aromatic nitrogens is 1. The average Bonchev–Trinajstić information content (AvgIpc) is 2.76. The quantitative estimate of drug-likeness (QED) is 0.838. The van der Waals surface area contributed by atoms with Crippen molar-refractivity contribution in [2.75, 3.05) is 5.73 Å². The molecule has 0 atom stereocenters. The second-order valence-corrected chi connectivity index (χ2v) is 3.98. The molecule has 0 saturated carbocycles. The fraction of sp³-hybridized carbons (Fsp3) is 0.364. The Balaban J connectivity index is 2.40. The summed E-state index contributed by atoms with van der Waals surface area (Å²) >= 11 is 0. The van der Waals surface area contributed by atoms with Crippen molar-refractivity contribution in [3.05, 3.63) is 24.2 Å². The SMILES string of the molecule is CC(C)Cc1c(-c2ccoc2)noc1N. The zero-order valence-corrected chi connectivity index (χ0v) is 8.86. The van der Waals surface area contributed by atoms with Crippen molar-refractivity contribution in [1.29, 1.82) is 0 Å². The van der Waals surface area contributed by atoms with Gasteiger partial charge in [0.05, 0.1) is 12.5 Å². The minimum Gasteiger partial charge on any atom is -0.472 e. The molecule has 2 heterocycles. The van der Waals surface area contributed by atoms with Gasteiger partial charge in [-0.25, -0.2) is 0 Å². The molecule has 80 valence electrons. The smallest absolute Gasteiger partial charge is 0.225 e. The summed E-state index contributed by atoms with van der Waals surface area (Å²) in [6.45, 7) is 4.26. The molecule has 0 bridgehead atoms. The number of nitrogen functional groups attached to an aromatic ring is 1. The fourth-order valence-electron chi connectivity index (χ4n) is 1.55. The molecule has 2 aromatic heterocycles. The van der Waals surface area contributed by atoms with Crippen molar-refractivity contribution >= 4 is 5.88 Å². The van der Waals surface area contributed by atoms with Gasteiger partial charge in [0.1, 0.15) is 5.69 Å². The molecule has 2 rings (SSSR count). The maximum absolute atomic E-state index is 5.74. The van der Waals surface area contributed by atoms with E-state index in [1.54, 1.807) is 12.5 Å². The van der Waals surface area contributed by atoms with Crippen molar-refractivity contribution in [3.63, 3.8) is 0 Å². The molecule has 0 spiro atoms. The molecule has 0 saturated heterocycles. The minimum absolute atomic E-state index is 0.403. The van der Waals surface area contributed by atoms with Crippen LogP contribution in [-0.2, 0) is 6.42 Å². The second-order valence-electron chi connectivity index (χ2n) is 3.98. The highest BCUT2D eigenvalue weighted by Crippen LogP contribution is 2.29. The number of hydrogen-bond acceptors (Lipinski definition) is 4. The Labute approximate surface area is 88.0 Å². The summed E-state index contributed by atoms with van der Waals surface area (Å²) < 4.78 is 10.0. The number of furan rings is 1. The summed E-state index contributed by atoms with van der Waals surface area (Å²) in [7, 11) is 0. The number of nitrogens with two attached hydrogens (primary N) is 1. The first-order chi connectivity index (χ1) is 7.18. The summed E-state index contributed by atoms with van der Waals surface area (Å²) in [6.07, 6.45) is 4.11. The lowest BCUT2D eigenvalue weighted by Crippen LogP contribution is -1.98. The van der Waals surface area contributed by atoms with Gasteiger partial charge in [-0.05, 0) is 18.4 Å². The van der Waals surface area contributed by atoms with Crippen LogP contribution in [0.5, 0.6) is 0 Å². The van der Waals surface area contributed by atoms with E-state index in [1.807, 2.05) is 6.07 Å². The van der Waals surface area contributed by atoms with Crippen LogP contribution in [0.3, 0.4) is 0 Å². The van der Waals surface area contributed by atoms with Gasteiger partial charge in [-0.3, -0.25) is 0 Å². The van der Waals surface area contributed by atoms with E-state index >= 15 is 0 Å². The van der Waals surface area contributed by atoms with Crippen molar-refractivity contribution in [3.8, 4) is 11.3 Å². The third kappa shape index (κ3) is 1.88. The third-order valence-electron chi connectivity index (χ3n) is 2.23.